The number of halogens is 1. The molecule has 0 aromatic carbocycles. The van der Waals surface area contributed by atoms with Gasteiger partial charge in [-0.3, -0.25) is 9.89 Å². The Morgan fingerprint density at radius 1 is 1.67 bits per heavy atom. The lowest BCUT2D eigenvalue weighted by molar-refractivity contribution is -0.127. The smallest absolute Gasteiger partial charge is 0.237 e. The van der Waals surface area contributed by atoms with Gasteiger partial charge in [0.15, 0.2) is 5.82 Å². The average Bonchev–Trinajstić information content (AvgIpc) is 2.99. The van der Waals surface area contributed by atoms with Gasteiger partial charge in [0, 0.05) is 13.0 Å². The van der Waals surface area contributed by atoms with Crippen molar-refractivity contribution in [1.29, 1.82) is 0 Å². The lowest BCUT2D eigenvalue weighted by Crippen LogP contribution is -2.27. The first-order chi connectivity index (χ1) is 7.20. The Balaban J connectivity index is 1.94. The monoisotopic (exact) mass is 228 g/mol. The van der Waals surface area contributed by atoms with Crippen molar-refractivity contribution >= 4 is 17.5 Å². The summed E-state index contributed by atoms with van der Waals surface area (Å²) >= 11 is 5.44. The highest BCUT2D eigenvalue weighted by Gasteiger charge is 2.27. The second kappa shape index (κ2) is 4.18. The van der Waals surface area contributed by atoms with Crippen LogP contribution in [0.5, 0.6) is 0 Å². The van der Waals surface area contributed by atoms with E-state index in [9.17, 15) is 4.79 Å². The van der Waals surface area contributed by atoms with Gasteiger partial charge >= 0.3 is 0 Å². The molecule has 6 heteroatoms. The molecular formula is C9H13ClN4O. The van der Waals surface area contributed by atoms with E-state index in [4.69, 9.17) is 11.6 Å². The van der Waals surface area contributed by atoms with Gasteiger partial charge in [0.05, 0.1) is 6.54 Å². The molecule has 0 radical (unpaired) electrons. The molecule has 0 unspecified atom stereocenters. The first-order valence-electron chi connectivity index (χ1n) is 4.92. The Hall–Kier alpha value is -1.10. The number of hydrogen-bond acceptors (Lipinski definition) is 3. The van der Waals surface area contributed by atoms with Crippen LogP contribution in [0.1, 0.15) is 30.4 Å². The van der Waals surface area contributed by atoms with Crippen LogP contribution in [-0.4, -0.2) is 38.9 Å². The third-order valence-electron chi connectivity index (χ3n) is 2.42. The van der Waals surface area contributed by atoms with Crippen LogP contribution < -0.4 is 0 Å². The van der Waals surface area contributed by atoms with Gasteiger partial charge in [-0.05, 0) is 12.8 Å². The normalized spacial score (nSPS) is 15.3. The molecule has 1 aromatic heterocycles. The number of carbonyl (C=O) groups excluding carboxylic acids is 1. The molecule has 0 spiro atoms. The van der Waals surface area contributed by atoms with Crippen LogP contribution >= 0.6 is 11.6 Å². The standard InChI is InChI=1S/C9H13ClN4O/c1-14(8(15)4-10)5-7-11-9(13-12-7)6-2-3-6/h6H,2-5H2,1H3,(H,11,12,13). The molecule has 0 bridgehead atoms. The minimum Gasteiger partial charge on any atom is -0.337 e. The quantitative estimate of drug-likeness (QED) is 0.779. The lowest BCUT2D eigenvalue weighted by atomic mass is 10.4. The van der Waals surface area contributed by atoms with Crippen LogP contribution in [0, 0.1) is 0 Å². The number of nitrogens with one attached hydrogen (secondary N) is 1. The molecule has 1 saturated carbocycles. The Morgan fingerprint density at radius 2 is 2.40 bits per heavy atom. The van der Waals surface area contributed by atoms with Gasteiger partial charge in [-0.2, -0.15) is 5.10 Å². The number of aromatic nitrogens is 3. The minimum atomic E-state index is -0.110. The van der Waals surface area contributed by atoms with E-state index in [0.29, 0.717) is 12.5 Å². The topological polar surface area (TPSA) is 61.9 Å². The van der Waals surface area contributed by atoms with Crippen LogP contribution in [0.25, 0.3) is 0 Å². The Bertz CT molecular complexity index is 361. The number of carbonyl (C=O) groups is 1. The molecule has 0 aliphatic heterocycles. The highest BCUT2D eigenvalue weighted by Crippen LogP contribution is 2.37. The van der Waals surface area contributed by atoms with Crippen LogP contribution in [0.4, 0.5) is 0 Å². The van der Waals surface area contributed by atoms with E-state index < -0.39 is 0 Å². The summed E-state index contributed by atoms with van der Waals surface area (Å²) in [5, 5.41) is 6.95. The van der Waals surface area contributed by atoms with Crippen molar-refractivity contribution in [2.75, 3.05) is 12.9 Å². The van der Waals surface area contributed by atoms with Gasteiger partial charge in [0.2, 0.25) is 5.91 Å². The molecule has 0 saturated heterocycles. The van der Waals surface area contributed by atoms with E-state index in [1.54, 1.807) is 7.05 Å². The molecule has 5 nitrogen and oxygen atoms in total. The Kier molecular flexibility index (Phi) is 2.90. The van der Waals surface area contributed by atoms with E-state index >= 15 is 0 Å². The Labute approximate surface area is 92.8 Å². The Morgan fingerprint density at radius 3 is 3.00 bits per heavy atom. The number of aromatic amines is 1. The fourth-order valence-electron chi connectivity index (χ4n) is 1.32. The van der Waals surface area contributed by atoms with Crippen molar-refractivity contribution in [3.63, 3.8) is 0 Å². The van der Waals surface area contributed by atoms with Crippen molar-refractivity contribution in [1.82, 2.24) is 20.1 Å². The predicted octanol–water partition coefficient (Wildman–Crippen LogP) is 0.879. The van der Waals surface area contributed by atoms with Crippen molar-refractivity contribution in [2.24, 2.45) is 0 Å². The first-order valence-corrected chi connectivity index (χ1v) is 5.45. The van der Waals surface area contributed by atoms with Gasteiger partial charge in [-0.15, -0.1) is 11.6 Å². The molecule has 0 atom stereocenters. The van der Waals surface area contributed by atoms with Crippen LogP contribution in [0.3, 0.4) is 0 Å². The second-order valence-electron chi connectivity index (χ2n) is 3.80. The summed E-state index contributed by atoms with van der Waals surface area (Å²) in [4.78, 5) is 17.1. The number of hydrogen-bond donors (Lipinski definition) is 1. The van der Waals surface area contributed by atoms with Gasteiger partial charge in [-0.1, -0.05) is 0 Å². The van der Waals surface area contributed by atoms with Gasteiger partial charge < -0.3 is 4.90 Å². The van der Waals surface area contributed by atoms with E-state index in [1.807, 2.05) is 0 Å². The largest absolute Gasteiger partial charge is 0.337 e. The van der Waals surface area contributed by atoms with E-state index in [2.05, 4.69) is 15.2 Å². The first kappa shape index (κ1) is 10.4. The predicted molar refractivity (Wildman–Crippen MR) is 55.6 cm³/mol. The number of alkyl halides is 1. The minimum absolute atomic E-state index is 0.000118. The molecule has 2 rings (SSSR count). The number of H-pyrrole nitrogens is 1. The zero-order valence-electron chi connectivity index (χ0n) is 8.53. The van der Waals surface area contributed by atoms with Gasteiger partial charge in [-0.25, -0.2) is 4.98 Å². The number of nitrogens with zero attached hydrogens (tertiary/aromatic N) is 3. The third kappa shape index (κ3) is 2.47. The van der Waals surface area contributed by atoms with Crippen molar-refractivity contribution < 1.29 is 4.79 Å². The van der Waals surface area contributed by atoms with Crippen LogP contribution in [0.2, 0.25) is 0 Å². The molecule has 15 heavy (non-hydrogen) atoms. The molecule has 1 heterocycles. The summed E-state index contributed by atoms with van der Waals surface area (Å²) in [6, 6.07) is 0. The molecular weight excluding hydrogens is 216 g/mol. The van der Waals surface area contributed by atoms with E-state index in [-0.39, 0.29) is 11.8 Å². The second-order valence-corrected chi connectivity index (χ2v) is 4.07. The lowest BCUT2D eigenvalue weighted by Gasteiger charge is -2.12. The maximum Gasteiger partial charge on any atom is 0.237 e. The number of rotatable bonds is 4. The highest BCUT2D eigenvalue weighted by atomic mass is 35.5. The molecule has 1 fully saturated rings. The fraction of sp³-hybridized carbons (Fsp3) is 0.667. The van der Waals surface area contributed by atoms with Gasteiger partial charge in [0.1, 0.15) is 11.7 Å². The summed E-state index contributed by atoms with van der Waals surface area (Å²) in [6.45, 7) is 0.436. The summed E-state index contributed by atoms with van der Waals surface area (Å²) in [6.07, 6.45) is 2.35. The molecule has 1 N–H and O–H groups in total. The fourth-order valence-corrected chi connectivity index (χ4v) is 1.52. The summed E-state index contributed by atoms with van der Waals surface area (Å²) in [7, 11) is 1.70. The SMILES string of the molecule is CN(Cc1nc(C2CC2)n[nH]1)C(=O)CCl. The maximum atomic E-state index is 11.2. The third-order valence-corrected chi connectivity index (χ3v) is 2.65. The summed E-state index contributed by atoms with van der Waals surface area (Å²) in [5.41, 5.74) is 0. The van der Waals surface area contributed by atoms with Gasteiger partial charge in [0.25, 0.3) is 0 Å². The van der Waals surface area contributed by atoms with Crippen LogP contribution in [0.15, 0.2) is 0 Å². The number of amides is 1. The van der Waals surface area contributed by atoms with Crippen molar-refractivity contribution in [2.45, 2.75) is 25.3 Å². The molecule has 1 aromatic rings. The molecule has 1 aliphatic carbocycles. The maximum absolute atomic E-state index is 11.2. The molecule has 82 valence electrons. The van der Waals surface area contributed by atoms with Crippen molar-refractivity contribution in [3.05, 3.63) is 11.6 Å². The molecule has 1 amide bonds. The van der Waals surface area contributed by atoms with Crippen molar-refractivity contribution in [3.8, 4) is 0 Å². The zero-order valence-corrected chi connectivity index (χ0v) is 9.29. The average molecular weight is 229 g/mol. The molecule has 1 aliphatic rings. The van der Waals surface area contributed by atoms with E-state index in [0.717, 1.165) is 11.6 Å². The summed E-state index contributed by atoms with van der Waals surface area (Å²) in [5.74, 6) is 2.01. The highest BCUT2D eigenvalue weighted by molar-refractivity contribution is 6.27. The van der Waals surface area contributed by atoms with Crippen LogP contribution in [-0.2, 0) is 11.3 Å². The summed E-state index contributed by atoms with van der Waals surface area (Å²) < 4.78 is 0. The van der Waals surface area contributed by atoms with E-state index in [1.165, 1.54) is 17.7 Å². The zero-order chi connectivity index (χ0) is 10.8.